The fourth-order valence-corrected chi connectivity index (χ4v) is 2.67. The van der Waals surface area contributed by atoms with Gasteiger partial charge in [-0.2, -0.15) is 0 Å². The Hall–Kier alpha value is -1.27. The summed E-state index contributed by atoms with van der Waals surface area (Å²) in [5.74, 6) is 1.07. The predicted molar refractivity (Wildman–Crippen MR) is 68.0 cm³/mol. The number of hydrogen-bond acceptors (Lipinski definition) is 5. The quantitative estimate of drug-likeness (QED) is 0.871. The summed E-state index contributed by atoms with van der Waals surface area (Å²) in [7, 11) is 3.98. The Balaban J connectivity index is 2.20. The highest BCUT2D eigenvalue weighted by Gasteiger charge is 2.18. The van der Waals surface area contributed by atoms with Crippen LogP contribution >= 0.6 is 11.5 Å². The first-order valence-electron chi connectivity index (χ1n) is 5.70. The molecule has 0 aliphatic heterocycles. The Morgan fingerprint density at radius 2 is 2.35 bits per heavy atom. The van der Waals surface area contributed by atoms with Crippen molar-refractivity contribution < 1.29 is 0 Å². The summed E-state index contributed by atoms with van der Waals surface area (Å²) < 4.78 is 6.08. The SMILES string of the molecule is CCc1nnsc1C(Cc1nccn1C)NC. The van der Waals surface area contributed by atoms with Crippen molar-refractivity contribution in [1.29, 1.82) is 0 Å². The van der Waals surface area contributed by atoms with Gasteiger partial charge < -0.3 is 9.88 Å². The summed E-state index contributed by atoms with van der Waals surface area (Å²) in [6.45, 7) is 2.10. The van der Waals surface area contributed by atoms with E-state index in [1.807, 2.05) is 31.1 Å². The van der Waals surface area contributed by atoms with Crippen molar-refractivity contribution in [3.8, 4) is 0 Å². The van der Waals surface area contributed by atoms with Crippen LogP contribution in [0.4, 0.5) is 0 Å². The number of imidazole rings is 1. The van der Waals surface area contributed by atoms with Crippen LogP contribution in [-0.4, -0.2) is 26.2 Å². The van der Waals surface area contributed by atoms with Crippen molar-refractivity contribution >= 4 is 11.5 Å². The van der Waals surface area contributed by atoms with Crippen molar-refractivity contribution in [1.82, 2.24) is 24.5 Å². The summed E-state index contributed by atoms with van der Waals surface area (Å²) in [6.07, 6.45) is 5.57. The molecule has 0 fully saturated rings. The van der Waals surface area contributed by atoms with Gasteiger partial charge in [0.25, 0.3) is 0 Å². The highest BCUT2D eigenvalue weighted by Crippen LogP contribution is 2.23. The van der Waals surface area contributed by atoms with Crippen LogP contribution < -0.4 is 5.32 Å². The Labute approximate surface area is 105 Å². The number of nitrogens with one attached hydrogen (secondary N) is 1. The van der Waals surface area contributed by atoms with Gasteiger partial charge in [-0.3, -0.25) is 0 Å². The summed E-state index contributed by atoms with van der Waals surface area (Å²) in [5, 5.41) is 7.48. The Morgan fingerprint density at radius 3 is 2.94 bits per heavy atom. The molecule has 1 atom stereocenters. The topological polar surface area (TPSA) is 55.6 Å². The summed E-state index contributed by atoms with van der Waals surface area (Å²) >= 11 is 1.47. The zero-order valence-electron chi connectivity index (χ0n) is 10.3. The molecular weight excluding hydrogens is 234 g/mol. The highest BCUT2D eigenvalue weighted by atomic mass is 32.1. The largest absolute Gasteiger partial charge is 0.338 e. The van der Waals surface area contributed by atoms with Gasteiger partial charge in [-0.25, -0.2) is 4.98 Å². The van der Waals surface area contributed by atoms with E-state index in [1.54, 1.807) is 0 Å². The van der Waals surface area contributed by atoms with Crippen molar-refractivity contribution in [3.05, 3.63) is 28.8 Å². The molecule has 2 aromatic rings. The van der Waals surface area contributed by atoms with Crippen molar-refractivity contribution in [2.24, 2.45) is 7.05 Å². The van der Waals surface area contributed by atoms with E-state index < -0.39 is 0 Å². The van der Waals surface area contributed by atoms with E-state index in [0.29, 0.717) is 0 Å². The lowest BCUT2D eigenvalue weighted by molar-refractivity contribution is 0.566. The average Bonchev–Trinajstić information content (AvgIpc) is 2.95. The molecule has 0 aromatic carbocycles. The summed E-state index contributed by atoms with van der Waals surface area (Å²) in [4.78, 5) is 5.58. The van der Waals surface area contributed by atoms with Crippen LogP contribution in [-0.2, 0) is 19.9 Å². The summed E-state index contributed by atoms with van der Waals surface area (Å²) in [5.41, 5.74) is 1.09. The lowest BCUT2D eigenvalue weighted by Crippen LogP contribution is -2.20. The van der Waals surface area contributed by atoms with E-state index in [4.69, 9.17) is 0 Å². The van der Waals surface area contributed by atoms with Crippen molar-refractivity contribution in [2.75, 3.05) is 7.05 Å². The van der Waals surface area contributed by atoms with E-state index in [-0.39, 0.29) is 6.04 Å². The van der Waals surface area contributed by atoms with Gasteiger partial charge in [0.05, 0.1) is 16.6 Å². The number of nitrogens with zero attached hydrogens (tertiary/aromatic N) is 4. The van der Waals surface area contributed by atoms with Gasteiger partial charge in [0.2, 0.25) is 0 Å². The normalized spacial score (nSPS) is 12.9. The predicted octanol–water partition coefficient (Wildman–Crippen LogP) is 1.34. The zero-order chi connectivity index (χ0) is 12.3. The molecule has 0 amide bonds. The molecule has 0 spiro atoms. The first-order valence-corrected chi connectivity index (χ1v) is 6.48. The second-order valence-electron chi connectivity index (χ2n) is 3.94. The Bertz CT molecular complexity index is 476. The van der Waals surface area contributed by atoms with Crippen molar-refractivity contribution in [2.45, 2.75) is 25.8 Å². The fraction of sp³-hybridized carbons (Fsp3) is 0.545. The smallest absolute Gasteiger partial charge is 0.110 e. The van der Waals surface area contributed by atoms with E-state index in [1.165, 1.54) is 16.4 Å². The fourth-order valence-electron chi connectivity index (χ4n) is 1.83. The van der Waals surface area contributed by atoms with Gasteiger partial charge in [0.1, 0.15) is 5.82 Å². The van der Waals surface area contributed by atoms with Crippen LogP contribution in [0, 0.1) is 0 Å². The minimum atomic E-state index is 0.242. The third-order valence-corrected chi connectivity index (χ3v) is 3.77. The molecule has 92 valence electrons. The van der Waals surface area contributed by atoms with Crippen LogP contribution in [0.3, 0.4) is 0 Å². The molecule has 0 radical (unpaired) electrons. The Morgan fingerprint density at radius 1 is 1.53 bits per heavy atom. The Kier molecular flexibility index (Phi) is 3.86. The second-order valence-corrected chi connectivity index (χ2v) is 4.72. The standard InChI is InChI=1S/C11H17N5S/c1-4-8-11(17-15-14-8)9(12-2)7-10-13-5-6-16(10)3/h5-6,9,12H,4,7H2,1-3H3. The number of likely N-dealkylation sites (N-methyl/N-ethyl adjacent to an activating group) is 1. The molecule has 0 aliphatic carbocycles. The van der Waals surface area contributed by atoms with Crippen LogP contribution in [0.2, 0.25) is 0 Å². The van der Waals surface area contributed by atoms with Crippen molar-refractivity contribution in [3.63, 3.8) is 0 Å². The second kappa shape index (κ2) is 5.37. The van der Waals surface area contributed by atoms with Gasteiger partial charge in [-0.05, 0) is 25.0 Å². The number of aromatic nitrogens is 4. The van der Waals surface area contributed by atoms with E-state index >= 15 is 0 Å². The zero-order valence-corrected chi connectivity index (χ0v) is 11.2. The van der Waals surface area contributed by atoms with Crippen LogP contribution in [0.1, 0.15) is 29.4 Å². The molecule has 2 rings (SSSR count). The minimum Gasteiger partial charge on any atom is -0.338 e. The molecule has 1 N–H and O–H groups in total. The maximum atomic E-state index is 4.36. The molecule has 1 unspecified atom stereocenters. The van der Waals surface area contributed by atoms with Crippen LogP contribution in [0.15, 0.2) is 12.4 Å². The molecular formula is C11H17N5S. The van der Waals surface area contributed by atoms with Gasteiger partial charge in [-0.1, -0.05) is 11.4 Å². The molecule has 0 bridgehead atoms. The van der Waals surface area contributed by atoms with Gasteiger partial charge >= 0.3 is 0 Å². The van der Waals surface area contributed by atoms with E-state index in [9.17, 15) is 0 Å². The lowest BCUT2D eigenvalue weighted by atomic mass is 10.1. The minimum absolute atomic E-state index is 0.242. The van der Waals surface area contributed by atoms with Crippen LogP contribution in [0.5, 0.6) is 0 Å². The molecule has 2 heterocycles. The van der Waals surface area contributed by atoms with E-state index in [2.05, 4.69) is 26.8 Å². The maximum Gasteiger partial charge on any atom is 0.110 e. The number of aryl methyl sites for hydroxylation is 2. The number of hydrogen-bond donors (Lipinski definition) is 1. The first-order chi connectivity index (χ1) is 8.26. The monoisotopic (exact) mass is 251 g/mol. The maximum absolute atomic E-state index is 4.36. The van der Waals surface area contributed by atoms with Gasteiger partial charge in [-0.15, -0.1) is 5.10 Å². The third kappa shape index (κ3) is 2.53. The molecule has 5 nitrogen and oxygen atoms in total. The first kappa shape index (κ1) is 12.2. The van der Waals surface area contributed by atoms with Crippen LogP contribution in [0.25, 0.3) is 0 Å². The molecule has 0 saturated carbocycles. The summed E-state index contributed by atoms with van der Waals surface area (Å²) in [6, 6.07) is 0.242. The molecule has 0 saturated heterocycles. The molecule has 0 aliphatic rings. The van der Waals surface area contributed by atoms with Gasteiger partial charge in [0.15, 0.2) is 0 Å². The van der Waals surface area contributed by atoms with E-state index in [0.717, 1.165) is 24.4 Å². The highest BCUT2D eigenvalue weighted by molar-refractivity contribution is 7.05. The molecule has 2 aromatic heterocycles. The number of rotatable bonds is 5. The average molecular weight is 251 g/mol. The molecule has 6 heteroatoms. The third-order valence-electron chi connectivity index (χ3n) is 2.89. The van der Waals surface area contributed by atoms with Gasteiger partial charge in [0, 0.05) is 25.9 Å². The lowest BCUT2D eigenvalue weighted by Gasteiger charge is -2.14. The molecule has 17 heavy (non-hydrogen) atoms.